The minimum atomic E-state index is 0.170. The van der Waals surface area contributed by atoms with Crippen LogP contribution in [-0.2, 0) is 0 Å². The molecular weight excluding hydrogens is 174 g/mol. The van der Waals surface area contributed by atoms with Gasteiger partial charge in [-0.1, -0.05) is 6.08 Å². The van der Waals surface area contributed by atoms with Crippen LogP contribution in [0.5, 0.6) is 0 Å². The van der Waals surface area contributed by atoms with Gasteiger partial charge in [0.15, 0.2) is 0 Å². The molecule has 1 N–H and O–H groups in total. The second kappa shape index (κ2) is 4.47. The normalized spacial score (nSPS) is 12.6. The molecule has 0 amide bonds. The third kappa shape index (κ3) is 4.28. The van der Waals surface area contributed by atoms with E-state index in [9.17, 15) is 0 Å². The van der Waals surface area contributed by atoms with Crippen molar-refractivity contribution in [3.8, 4) is 0 Å². The zero-order chi connectivity index (χ0) is 10.6. The molecule has 2 nitrogen and oxygen atoms in total. The van der Waals surface area contributed by atoms with E-state index in [0.717, 1.165) is 18.1 Å². The fourth-order valence-corrected chi connectivity index (χ4v) is 1.08. The Morgan fingerprint density at radius 2 is 2.07 bits per heavy atom. The molecule has 0 saturated carbocycles. The summed E-state index contributed by atoms with van der Waals surface area (Å²) in [6, 6.07) is 3.94. The Kier molecular flexibility index (Phi) is 3.53. The summed E-state index contributed by atoms with van der Waals surface area (Å²) in [6.07, 6.45) is 4.06. The van der Waals surface area contributed by atoms with Crippen molar-refractivity contribution in [3.63, 3.8) is 0 Å². The fraction of sp³-hybridized carbons (Fsp3) is 0.500. The van der Waals surface area contributed by atoms with Gasteiger partial charge in [-0.3, -0.25) is 0 Å². The van der Waals surface area contributed by atoms with Crippen LogP contribution in [0.3, 0.4) is 0 Å². The summed E-state index contributed by atoms with van der Waals surface area (Å²) in [5, 5.41) is 3.37. The van der Waals surface area contributed by atoms with Crippen molar-refractivity contribution in [3.05, 3.63) is 29.7 Å². The van der Waals surface area contributed by atoms with Gasteiger partial charge in [0.1, 0.15) is 11.5 Å². The zero-order valence-electron chi connectivity index (χ0n) is 9.42. The summed E-state index contributed by atoms with van der Waals surface area (Å²) < 4.78 is 5.40. The van der Waals surface area contributed by atoms with Crippen molar-refractivity contribution >= 4 is 6.08 Å². The average molecular weight is 193 g/mol. The molecule has 14 heavy (non-hydrogen) atoms. The minimum Gasteiger partial charge on any atom is -0.462 e. The van der Waals surface area contributed by atoms with Crippen molar-refractivity contribution in [2.75, 3.05) is 6.54 Å². The monoisotopic (exact) mass is 193 g/mol. The molecule has 78 valence electrons. The Morgan fingerprint density at radius 1 is 1.36 bits per heavy atom. The summed E-state index contributed by atoms with van der Waals surface area (Å²) in [5.74, 6) is 1.87. The molecule has 0 aliphatic carbocycles. The van der Waals surface area contributed by atoms with E-state index < -0.39 is 0 Å². The summed E-state index contributed by atoms with van der Waals surface area (Å²) in [5.41, 5.74) is 0.170. The largest absolute Gasteiger partial charge is 0.462 e. The van der Waals surface area contributed by atoms with Crippen molar-refractivity contribution in [2.24, 2.45) is 0 Å². The predicted octanol–water partition coefficient (Wildman–Crippen LogP) is 2.99. The predicted molar refractivity (Wildman–Crippen MR) is 60.2 cm³/mol. The van der Waals surface area contributed by atoms with E-state index in [4.69, 9.17) is 4.42 Å². The Balaban J connectivity index is 2.35. The van der Waals surface area contributed by atoms with Crippen molar-refractivity contribution in [1.29, 1.82) is 0 Å². The molecule has 0 bridgehead atoms. The fourth-order valence-electron chi connectivity index (χ4n) is 1.08. The molecule has 0 aromatic carbocycles. The Bertz CT molecular complexity index is 304. The van der Waals surface area contributed by atoms with Gasteiger partial charge >= 0.3 is 0 Å². The van der Waals surface area contributed by atoms with Crippen LogP contribution < -0.4 is 5.32 Å². The number of rotatable bonds is 3. The quantitative estimate of drug-likeness (QED) is 0.798. The molecule has 1 aromatic heterocycles. The summed E-state index contributed by atoms with van der Waals surface area (Å²) in [4.78, 5) is 0. The minimum absolute atomic E-state index is 0.170. The first kappa shape index (κ1) is 11.1. The van der Waals surface area contributed by atoms with Gasteiger partial charge in [0.25, 0.3) is 0 Å². The molecule has 1 heterocycles. The van der Waals surface area contributed by atoms with Crippen molar-refractivity contribution in [1.82, 2.24) is 5.32 Å². The molecule has 0 saturated heterocycles. The van der Waals surface area contributed by atoms with Gasteiger partial charge in [0.05, 0.1) is 0 Å². The Morgan fingerprint density at radius 3 is 2.57 bits per heavy atom. The summed E-state index contributed by atoms with van der Waals surface area (Å²) >= 11 is 0. The van der Waals surface area contributed by atoms with E-state index in [0.29, 0.717) is 0 Å². The van der Waals surface area contributed by atoms with Crippen LogP contribution in [-0.4, -0.2) is 12.1 Å². The van der Waals surface area contributed by atoms with Crippen molar-refractivity contribution in [2.45, 2.75) is 33.2 Å². The van der Waals surface area contributed by atoms with Gasteiger partial charge in [0, 0.05) is 12.1 Å². The molecule has 0 spiro atoms. The lowest BCUT2D eigenvalue weighted by molar-refractivity contribution is 0.449. The maximum absolute atomic E-state index is 5.40. The lowest BCUT2D eigenvalue weighted by atomic mass is 10.1. The zero-order valence-corrected chi connectivity index (χ0v) is 9.42. The first-order valence-corrected chi connectivity index (χ1v) is 4.95. The van der Waals surface area contributed by atoms with Gasteiger partial charge in [0.2, 0.25) is 0 Å². The number of hydrogen-bond donors (Lipinski definition) is 1. The van der Waals surface area contributed by atoms with Crippen LogP contribution in [0.4, 0.5) is 0 Å². The second-order valence-corrected chi connectivity index (χ2v) is 4.48. The number of furan rings is 1. The van der Waals surface area contributed by atoms with Gasteiger partial charge in [-0.05, 0) is 45.9 Å². The molecule has 1 rings (SSSR count). The van der Waals surface area contributed by atoms with Crippen LogP contribution in [0, 0.1) is 6.92 Å². The van der Waals surface area contributed by atoms with Crippen LogP contribution in [0.25, 0.3) is 6.08 Å². The van der Waals surface area contributed by atoms with Crippen LogP contribution in [0.15, 0.2) is 22.6 Å². The van der Waals surface area contributed by atoms with E-state index in [1.54, 1.807) is 0 Å². The molecule has 0 aliphatic heterocycles. The maximum atomic E-state index is 5.40. The van der Waals surface area contributed by atoms with Crippen LogP contribution >= 0.6 is 0 Å². The first-order chi connectivity index (χ1) is 6.47. The molecule has 2 heteroatoms. The van der Waals surface area contributed by atoms with E-state index in [-0.39, 0.29) is 5.54 Å². The highest BCUT2D eigenvalue weighted by Gasteiger charge is 2.05. The molecule has 0 atom stereocenters. The SMILES string of the molecule is Cc1ccc(C=CCNC(C)(C)C)o1. The summed E-state index contributed by atoms with van der Waals surface area (Å²) in [6.45, 7) is 9.27. The van der Waals surface area contributed by atoms with Crippen molar-refractivity contribution < 1.29 is 4.42 Å². The molecule has 0 fully saturated rings. The average Bonchev–Trinajstić information content (AvgIpc) is 2.44. The van der Waals surface area contributed by atoms with Crippen LogP contribution in [0.2, 0.25) is 0 Å². The highest BCUT2D eigenvalue weighted by atomic mass is 16.3. The number of aryl methyl sites for hydroxylation is 1. The Hall–Kier alpha value is -1.02. The number of hydrogen-bond acceptors (Lipinski definition) is 2. The first-order valence-electron chi connectivity index (χ1n) is 4.95. The Labute approximate surface area is 86.0 Å². The second-order valence-electron chi connectivity index (χ2n) is 4.48. The smallest absolute Gasteiger partial charge is 0.126 e. The topological polar surface area (TPSA) is 25.2 Å². The van der Waals surface area contributed by atoms with Gasteiger partial charge < -0.3 is 9.73 Å². The number of nitrogens with one attached hydrogen (secondary N) is 1. The third-order valence-corrected chi connectivity index (χ3v) is 1.79. The molecule has 0 unspecified atom stereocenters. The third-order valence-electron chi connectivity index (χ3n) is 1.79. The standard InChI is InChI=1S/C12H19NO/c1-10-7-8-11(14-10)6-5-9-13-12(2,3)4/h5-8,13H,9H2,1-4H3. The van der Waals surface area contributed by atoms with E-state index >= 15 is 0 Å². The molecule has 0 radical (unpaired) electrons. The maximum Gasteiger partial charge on any atom is 0.126 e. The summed E-state index contributed by atoms with van der Waals surface area (Å²) in [7, 11) is 0. The highest BCUT2D eigenvalue weighted by molar-refractivity contribution is 5.42. The molecular formula is C12H19NO. The van der Waals surface area contributed by atoms with Gasteiger partial charge in [-0.15, -0.1) is 0 Å². The van der Waals surface area contributed by atoms with Gasteiger partial charge in [-0.25, -0.2) is 0 Å². The lowest BCUT2D eigenvalue weighted by Gasteiger charge is -2.18. The molecule has 1 aromatic rings. The lowest BCUT2D eigenvalue weighted by Crippen LogP contribution is -2.35. The van der Waals surface area contributed by atoms with E-state index in [1.165, 1.54) is 0 Å². The van der Waals surface area contributed by atoms with E-state index in [1.807, 2.05) is 25.1 Å². The van der Waals surface area contributed by atoms with Crippen LogP contribution in [0.1, 0.15) is 32.3 Å². The van der Waals surface area contributed by atoms with E-state index in [2.05, 4.69) is 32.2 Å². The highest BCUT2D eigenvalue weighted by Crippen LogP contribution is 2.07. The molecule has 0 aliphatic rings. The van der Waals surface area contributed by atoms with Gasteiger partial charge in [-0.2, -0.15) is 0 Å².